The quantitative estimate of drug-likeness (QED) is 0.777. The maximum absolute atomic E-state index is 12.6. The lowest BCUT2D eigenvalue weighted by Crippen LogP contribution is -2.41. The fourth-order valence-electron chi connectivity index (χ4n) is 2.53. The van der Waals surface area contributed by atoms with Crippen molar-refractivity contribution in [2.75, 3.05) is 26.3 Å². The molecule has 1 aliphatic rings. The van der Waals surface area contributed by atoms with E-state index in [0.717, 1.165) is 17.0 Å². The molecule has 0 N–H and O–H groups in total. The molecule has 0 saturated carbocycles. The molecular weight excluding hydrogens is 242 g/mol. The average Bonchev–Trinajstić information content (AvgIpc) is 2.65. The Morgan fingerprint density at radius 1 is 1.21 bits per heavy atom. The van der Waals surface area contributed by atoms with Gasteiger partial charge in [0.05, 0.1) is 30.0 Å². The van der Waals surface area contributed by atoms with Gasteiger partial charge in [-0.2, -0.15) is 5.10 Å². The van der Waals surface area contributed by atoms with Crippen molar-refractivity contribution >= 4 is 5.91 Å². The second-order valence-electron chi connectivity index (χ2n) is 6.03. The van der Waals surface area contributed by atoms with E-state index in [2.05, 4.69) is 25.9 Å². The zero-order valence-corrected chi connectivity index (χ0v) is 12.5. The third-order valence-corrected chi connectivity index (χ3v) is 3.44. The van der Waals surface area contributed by atoms with Gasteiger partial charge in [0, 0.05) is 18.8 Å². The summed E-state index contributed by atoms with van der Waals surface area (Å²) in [4.78, 5) is 14.5. The van der Waals surface area contributed by atoms with E-state index in [1.54, 1.807) is 0 Å². The molecule has 0 unspecified atom stereocenters. The van der Waals surface area contributed by atoms with Crippen LogP contribution in [-0.4, -0.2) is 46.9 Å². The van der Waals surface area contributed by atoms with Crippen molar-refractivity contribution in [2.45, 2.75) is 40.2 Å². The van der Waals surface area contributed by atoms with Crippen molar-refractivity contribution in [3.05, 3.63) is 17.0 Å². The van der Waals surface area contributed by atoms with Gasteiger partial charge in [-0.1, -0.05) is 0 Å². The molecule has 0 radical (unpaired) electrons. The highest BCUT2D eigenvalue weighted by molar-refractivity contribution is 5.96. The van der Waals surface area contributed by atoms with Crippen LogP contribution in [0.15, 0.2) is 0 Å². The third-order valence-electron chi connectivity index (χ3n) is 3.44. The lowest BCUT2D eigenvalue weighted by atomic mass is 10.1. The van der Waals surface area contributed by atoms with Crippen LogP contribution in [0.5, 0.6) is 0 Å². The van der Waals surface area contributed by atoms with Gasteiger partial charge in [0.1, 0.15) is 0 Å². The molecule has 0 bridgehead atoms. The minimum atomic E-state index is -0.113. The molecule has 0 aliphatic carbocycles. The molecule has 1 amide bonds. The Labute approximate surface area is 114 Å². The SMILES string of the molecule is Cc1nn(C(C)(C)C)c(C)c1C(=O)N1CCOCC1. The maximum Gasteiger partial charge on any atom is 0.257 e. The smallest absolute Gasteiger partial charge is 0.257 e. The number of nitrogens with zero attached hydrogens (tertiary/aromatic N) is 3. The van der Waals surface area contributed by atoms with Crippen molar-refractivity contribution in [2.24, 2.45) is 0 Å². The summed E-state index contributed by atoms with van der Waals surface area (Å²) in [5.41, 5.74) is 2.39. The molecule has 1 saturated heterocycles. The summed E-state index contributed by atoms with van der Waals surface area (Å²) in [5.74, 6) is 0.0776. The Morgan fingerprint density at radius 2 is 1.79 bits per heavy atom. The molecule has 5 heteroatoms. The summed E-state index contributed by atoms with van der Waals surface area (Å²) < 4.78 is 7.23. The van der Waals surface area contributed by atoms with Gasteiger partial charge >= 0.3 is 0 Å². The van der Waals surface area contributed by atoms with Gasteiger partial charge in [0.2, 0.25) is 0 Å². The monoisotopic (exact) mass is 265 g/mol. The first-order valence-electron chi connectivity index (χ1n) is 6.76. The predicted molar refractivity (Wildman–Crippen MR) is 73.4 cm³/mol. The van der Waals surface area contributed by atoms with E-state index in [4.69, 9.17) is 4.74 Å². The number of carbonyl (C=O) groups excluding carboxylic acids is 1. The van der Waals surface area contributed by atoms with Gasteiger partial charge in [-0.15, -0.1) is 0 Å². The first-order valence-corrected chi connectivity index (χ1v) is 6.76. The van der Waals surface area contributed by atoms with Gasteiger partial charge in [-0.25, -0.2) is 0 Å². The van der Waals surface area contributed by atoms with Crippen molar-refractivity contribution in [1.29, 1.82) is 0 Å². The van der Waals surface area contributed by atoms with E-state index in [9.17, 15) is 4.79 Å². The normalized spacial score (nSPS) is 16.8. The standard InChI is InChI=1S/C14H23N3O2/c1-10-12(11(2)17(15-10)14(3,4)5)13(18)16-6-8-19-9-7-16/h6-9H2,1-5H3. The average molecular weight is 265 g/mol. The number of hydrogen-bond acceptors (Lipinski definition) is 3. The molecule has 5 nitrogen and oxygen atoms in total. The molecular formula is C14H23N3O2. The molecule has 0 aromatic carbocycles. The van der Waals surface area contributed by atoms with Gasteiger partial charge in [0.25, 0.3) is 5.91 Å². The molecule has 2 heterocycles. The summed E-state index contributed by atoms with van der Waals surface area (Å²) >= 11 is 0. The number of hydrogen-bond donors (Lipinski definition) is 0. The largest absolute Gasteiger partial charge is 0.378 e. The van der Waals surface area contributed by atoms with Crippen LogP contribution in [0.4, 0.5) is 0 Å². The molecule has 1 fully saturated rings. The number of carbonyl (C=O) groups is 1. The molecule has 106 valence electrons. The topological polar surface area (TPSA) is 47.4 Å². The number of aryl methyl sites for hydroxylation is 1. The second-order valence-corrected chi connectivity index (χ2v) is 6.03. The number of amides is 1. The Morgan fingerprint density at radius 3 is 2.26 bits per heavy atom. The van der Waals surface area contributed by atoms with Crippen LogP contribution in [0, 0.1) is 13.8 Å². The molecule has 2 rings (SSSR count). The zero-order chi connectivity index (χ0) is 14.2. The van der Waals surface area contributed by atoms with Crippen LogP contribution in [0.25, 0.3) is 0 Å². The van der Waals surface area contributed by atoms with E-state index < -0.39 is 0 Å². The first kappa shape index (κ1) is 14.1. The highest BCUT2D eigenvalue weighted by Crippen LogP contribution is 2.22. The van der Waals surface area contributed by atoms with Gasteiger partial charge in [-0.3, -0.25) is 9.48 Å². The summed E-state index contributed by atoms with van der Waals surface area (Å²) in [6.07, 6.45) is 0. The van der Waals surface area contributed by atoms with Gasteiger partial charge in [-0.05, 0) is 34.6 Å². The number of rotatable bonds is 1. The lowest BCUT2D eigenvalue weighted by molar-refractivity contribution is 0.0301. The first-order chi connectivity index (χ1) is 8.82. The van der Waals surface area contributed by atoms with Gasteiger partial charge < -0.3 is 9.64 Å². The Kier molecular flexibility index (Phi) is 3.67. The van der Waals surface area contributed by atoms with Crippen molar-refractivity contribution in [3.8, 4) is 0 Å². The van der Waals surface area contributed by atoms with E-state index in [-0.39, 0.29) is 11.4 Å². The summed E-state index contributed by atoms with van der Waals surface area (Å²) in [5, 5.41) is 4.54. The Balaban J connectivity index is 2.34. The third kappa shape index (κ3) is 2.66. The van der Waals surface area contributed by atoms with Crippen LogP contribution >= 0.6 is 0 Å². The Hall–Kier alpha value is -1.36. The fraction of sp³-hybridized carbons (Fsp3) is 0.714. The minimum absolute atomic E-state index is 0.0776. The van der Waals surface area contributed by atoms with Crippen molar-refractivity contribution < 1.29 is 9.53 Å². The van der Waals surface area contributed by atoms with E-state index in [0.29, 0.717) is 26.3 Å². The maximum atomic E-state index is 12.6. The molecule has 1 aromatic rings. The van der Waals surface area contributed by atoms with Crippen LogP contribution in [0.2, 0.25) is 0 Å². The van der Waals surface area contributed by atoms with Crippen LogP contribution < -0.4 is 0 Å². The summed E-state index contributed by atoms with van der Waals surface area (Å²) in [7, 11) is 0. The number of aromatic nitrogens is 2. The van der Waals surface area contributed by atoms with E-state index >= 15 is 0 Å². The number of ether oxygens (including phenoxy) is 1. The Bertz CT molecular complexity index is 480. The fourth-order valence-corrected chi connectivity index (χ4v) is 2.53. The van der Waals surface area contributed by atoms with E-state index in [1.807, 2.05) is 23.4 Å². The molecule has 0 atom stereocenters. The second kappa shape index (κ2) is 4.96. The van der Waals surface area contributed by atoms with Crippen LogP contribution in [0.1, 0.15) is 42.5 Å². The summed E-state index contributed by atoms with van der Waals surface area (Å²) in [6.45, 7) is 12.7. The lowest BCUT2D eigenvalue weighted by Gasteiger charge is -2.27. The number of morpholine rings is 1. The van der Waals surface area contributed by atoms with E-state index in [1.165, 1.54) is 0 Å². The zero-order valence-electron chi connectivity index (χ0n) is 12.5. The molecule has 0 spiro atoms. The molecule has 19 heavy (non-hydrogen) atoms. The van der Waals surface area contributed by atoms with Crippen molar-refractivity contribution in [3.63, 3.8) is 0 Å². The van der Waals surface area contributed by atoms with Crippen molar-refractivity contribution in [1.82, 2.24) is 14.7 Å². The van der Waals surface area contributed by atoms with Crippen LogP contribution in [0.3, 0.4) is 0 Å². The molecule has 1 aromatic heterocycles. The summed E-state index contributed by atoms with van der Waals surface area (Å²) in [6, 6.07) is 0. The highest BCUT2D eigenvalue weighted by Gasteiger charge is 2.28. The highest BCUT2D eigenvalue weighted by atomic mass is 16.5. The molecule has 1 aliphatic heterocycles. The minimum Gasteiger partial charge on any atom is -0.378 e. The van der Waals surface area contributed by atoms with Crippen LogP contribution in [-0.2, 0) is 10.3 Å². The van der Waals surface area contributed by atoms with Gasteiger partial charge in [0.15, 0.2) is 0 Å². The predicted octanol–water partition coefficient (Wildman–Crippen LogP) is 1.73.